The summed E-state index contributed by atoms with van der Waals surface area (Å²) in [6.45, 7) is 7.13. The fourth-order valence-electron chi connectivity index (χ4n) is 4.32. The van der Waals surface area contributed by atoms with E-state index in [1.807, 2.05) is 98.6 Å². The number of hydrogen-bond acceptors (Lipinski definition) is 4. The van der Waals surface area contributed by atoms with Gasteiger partial charge in [-0.3, -0.25) is 9.59 Å². The highest BCUT2D eigenvalue weighted by Gasteiger charge is 2.41. The molecule has 4 rings (SSSR count). The number of likely N-dealkylation sites (N-methyl/N-ethyl adjacent to an activating group) is 1. The highest BCUT2D eigenvalue weighted by atomic mass is 16.5. The molecule has 0 bridgehead atoms. The fourth-order valence-corrected chi connectivity index (χ4v) is 4.32. The highest BCUT2D eigenvalue weighted by Crippen LogP contribution is 2.36. The maximum absolute atomic E-state index is 13.8. The highest BCUT2D eigenvalue weighted by molar-refractivity contribution is 6.45. The molecule has 1 heterocycles. The third-order valence-electron chi connectivity index (χ3n) is 5.78. The van der Waals surface area contributed by atoms with E-state index in [-0.39, 0.29) is 11.8 Å². The minimum Gasteiger partial charge on any atom is -0.494 e. The average molecular weight is 455 g/mol. The summed E-state index contributed by atoms with van der Waals surface area (Å²) in [6, 6.07) is 23.1. The average Bonchev–Trinajstić information content (AvgIpc) is 3.08. The number of nitrogens with zero attached hydrogens (tertiary/aromatic N) is 2. The van der Waals surface area contributed by atoms with E-state index in [9.17, 15) is 9.59 Å². The lowest BCUT2D eigenvalue weighted by Gasteiger charge is -2.22. The third kappa shape index (κ3) is 4.74. The van der Waals surface area contributed by atoms with Crippen molar-refractivity contribution in [2.24, 2.45) is 0 Å². The van der Waals surface area contributed by atoms with Gasteiger partial charge in [0.15, 0.2) is 0 Å². The number of imide groups is 1. The Hall–Kier alpha value is -3.86. The Morgan fingerprint density at radius 1 is 0.853 bits per heavy atom. The van der Waals surface area contributed by atoms with Crippen LogP contribution in [0.25, 0.3) is 5.57 Å². The number of carbonyl (C=O) groups excluding carboxylic acids is 2. The van der Waals surface area contributed by atoms with E-state index >= 15 is 0 Å². The summed E-state index contributed by atoms with van der Waals surface area (Å²) in [4.78, 5) is 30.7. The molecule has 3 aromatic rings. The Morgan fingerprint density at radius 3 is 2.12 bits per heavy atom. The molecule has 0 N–H and O–H groups in total. The molecule has 0 aromatic heterocycles. The minimum atomic E-state index is -0.313. The zero-order chi connectivity index (χ0) is 24.2. The SMILES string of the molecule is CCCOc1ccc(C2=C(N(C)Cc3ccccc3)C(=O)N(c3cc(C)cc(C)c3)C2=O)cc1. The van der Waals surface area contributed by atoms with Crippen molar-refractivity contribution in [2.45, 2.75) is 33.7 Å². The molecule has 34 heavy (non-hydrogen) atoms. The summed E-state index contributed by atoms with van der Waals surface area (Å²) in [7, 11) is 1.86. The van der Waals surface area contributed by atoms with Crippen LogP contribution in [0.4, 0.5) is 5.69 Å². The van der Waals surface area contributed by atoms with Crippen molar-refractivity contribution in [1.29, 1.82) is 0 Å². The number of ether oxygens (including phenoxy) is 1. The van der Waals surface area contributed by atoms with Gasteiger partial charge in [-0.15, -0.1) is 0 Å². The molecule has 2 amide bonds. The monoisotopic (exact) mass is 454 g/mol. The summed E-state index contributed by atoms with van der Waals surface area (Å²) in [6.07, 6.45) is 0.916. The van der Waals surface area contributed by atoms with E-state index in [0.717, 1.165) is 28.9 Å². The molecule has 3 aromatic carbocycles. The first-order valence-corrected chi connectivity index (χ1v) is 11.6. The largest absolute Gasteiger partial charge is 0.494 e. The lowest BCUT2D eigenvalue weighted by Crippen LogP contribution is -2.34. The van der Waals surface area contributed by atoms with E-state index in [1.54, 1.807) is 0 Å². The van der Waals surface area contributed by atoms with Gasteiger partial charge in [0.25, 0.3) is 11.8 Å². The van der Waals surface area contributed by atoms with Gasteiger partial charge in [0, 0.05) is 13.6 Å². The number of anilines is 1. The van der Waals surface area contributed by atoms with Crippen LogP contribution in [0.5, 0.6) is 5.75 Å². The molecule has 0 unspecified atom stereocenters. The van der Waals surface area contributed by atoms with Crippen LogP contribution >= 0.6 is 0 Å². The van der Waals surface area contributed by atoms with Gasteiger partial charge in [0.1, 0.15) is 11.4 Å². The second kappa shape index (κ2) is 9.96. The number of rotatable bonds is 8. The van der Waals surface area contributed by atoms with Crippen molar-refractivity contribution < 1.29 is 14.3 Å². The molecule has 0 fully saturated rings. The maximum atomic E-state index is 13.8. The van der Waals surface area contributed by atoms with Gasteiger partial charge in [-0.1, -0.05) is 55.5 Å². The summed E-state index contributed by atoms with van der Waals surface area (Å²) in [5.74, 6) is 0.121. The molecule has 0 atom stereocenters. The number of hydrogen-bond donors (Lipinski definition) is 0. The predicted octanol–water partition coefficient (Wildman–Crippen LogP) is 5.51. The Morgan fingerprint density at radius 2 is 1.50 bits per heavy atom. The van der Waals surface area contributed by atoms with Crippen LogP contribution in [-0.4, -0.2) is 30.4 Å². The molecule has 5 nitrogen and oxygen atoms in total. The normalized spacial score (nSPS) is 13.6. The second-order valence-corrected chi connectivity index (χ2v) is 8.73. The Bertz CT molecular complexity index is 1210. The smallest absolute Gasteiger partial charge is 0.282 e. The molecular formula is C29H30N2O3. The summed E-state index contributed by atoms with van der Waals surface area (Å²) >= 11 is 0. The Kier molecular flexibility index (Phi) is 6.82. The number of carbonyl (C=O) groups is 2. The first-order valence-electron chi connectivity index (χ1n) is 11.6. The number of benzene rings is 3. The first kappa shape index (κ1) is 23.3. The van der Waals surface area contributed by atoms with Crippen molar-refractivity contribution in [2.75, 3.05) is 18.6 Å². The van der Waals surface area contributed by atoms with Crippen molar-refractivity contribution >= 4 is 23.1 Å². The Labute approximate surface area is 201 Å². The van der Waals surface area contributed by atoms with Gasteiger partial charge in [0.2, 0.25) is 0 Å². The molecule has 0 spiro atoms. The molecule has 0 radical (unpaired) electrons. The fraction of sp³-hybridized carbons (Fsp3) is 0.241. The van der Waals surface area contributed by atoms with Crippen LogP contribution in [-0.2, 0) is 16.1 Å². The van der Waals surface area contributed by atoms with Crippen LogP contribution in [0.3, 0.4) is 0 Å². The topological polar surface area (TPSA) is 49.9 Å². The van der Waals surface area contributed by atoms with Gasteiger partial charge < -0.3 is 9.64 Å². The molecule has 0 saturated heterocycles. The van der Waals surface area contributed by atoms with Crippen LogP contribution in [0.15, 0.2) is 78.5 Å². The molecule has 0 aliphatic carbocycles. The van der Waals surface area contributed by atoms with Crippen molar-refractivity contribution in [3.8, 4) is 5.75 Å². The van der Waals surface area contributed by atoms with Gasteiger partial charge in [-0.05, 0) is 66.8 Å². The third-order valence-corrected chi connectivity index (χ3v) is 5.78. The Balaban J connectivity index is 1.77. The lowest BCUT2D eigenvalue weighted by molar-refractivity contribution is -0.120. The van der Waals surface area contributed by atoms with Crippen LogP contribution in [0.2, 0.25) is 0 Å². The number of aryl methyl sites for hydroxylation is 2. The molecule has 0 saturated carbocycles. The quantitative estimate of drug-likeness (QED) is 0.421. The summed E-state index contributed by atoms with van der Waals surface area (Å²) < 4.78 is 5.70. The van der Waals surface area contributed by atoms with Crippen molar-refractivity contribution in [1.82, 2.24) is 4.90 Å². The predicted molar refractivity (Wildman–Crippen MR) is 135 cm³/mol. The van der Waals surface area contributed by atoms with E-state index in [0.29, 0.717) is 35.7 Å². The molecule has 5 heteroatoms. The minimum absolute atomic E-state index is 0.310. The van der Waals surface area contributed by atoms with Crippen LogP contribution in [0.1, 0.15) is 35.6 Å². The van der Waals surface area contributed by atoms with Crippen LogP contribution in [0, 0.1) is 13.8 Å². The number of amides is 2. The van der Waals surface area contributed by atoms with E-state index in [1.165, 1.54) is 4.90 Å². The first-order chi connectivity index (χ1) is 16.4. The second-order valence-electron chi connectivity index (χ2n) is 8.73. The summed E-state index contributed by atoms with van der Waals surface area (Å²) in [5.41, 5.74) is 5.16. The summed E-state index contributed by atoms with van der Waals surface area (Å²) in [5, 5.41) is 0. The van der Waals surface area contributed by atoms with E-state index in [4.69, 9.17) is 4.74 Å². The lowest BCUT2D eigenvalue weighted by atomic mass is 10.0. The van der Waals surface area contributed by atoms with Gasteiger partial charge in [-0.25, -0.2) is 4.90 Å². The van der Waals surface area contributed by atoms with Gasteiger partial charge in [0.05, 0.1) is 17.9 Å². The van der Waals surface area contributed by atoms with Crippen molar-refractivity contribution in [3.05, 3.63) is 101 Å². The molecule has 1 aliphatic rings. The van der Waals surface area contributed by atoms with Crippen LogP contribution < -0.4 is 9.64 Å². The van der Waals surface area contributed by atoms with E-state index < -0.39 is 0 Å². The standard InChI is InChI=1S/C29H30N2O3/c1-5-15-34-25-13-11-23(12-14-25)26-27(30(4)19-22-9-7-6-8-10-22)29(33)31(28(26)32)24-17-20(2)16-21(3)18-24/h6-14,16-18H,5,15,19H2,1-4H3. The van der Waals surface area contributed by atoms with Crippen molar-refractivity contribution in [3.63, 3.8) is 0 Å². The zero-order valence-corrected chi connectivity index (χ0v) is 20.2. The maximum Gasteiger partial charge on any atom is 0.282 e. The van der Waals surface area contributed by atoms with E-state index in [2.05, 4.69) is 6.92 Å². The van der Waals surface area contributed by atoms with Gasteiger partial charge >= 0.3 is 0 Å². The zero-order valence-electron chi connectivity index (χ0n) is 20.2. The van der Waals surface area contributed by atoms with Gasteiger partial charge in [-0.2, -0.15) is 0 Å². The molecular weight excluding hydrogens is 424 g/mol. The molecule has 174 valence electrons. The molecule has 1 aliphatic heterocycles.